The van der Waals surface area contributed by atoms with Gasteiger partial charge in [-0.25, -0.2) is 4.39 Å². The van der Waals surface area contributed by atoms with Gasteiger partial charge in [-0.3, -0.25) is 9.69 Å². The first kappa shape index (κ1) is 17.7. The van der Waals surface area contributed by atoms with E-state index in [1.165, 1.54) is 12.1 Å². The molecule has 1 aliphatic heterocycles. The molecule has 1 fully saturated rings. The van der Waals surface area contributed by atoms with Gasteiger partial charge < -0.3 is 15.0 Å². The van der Waals surface area contributed by atoms with E-state index in [2.05, 4.69) is 15.2 Å². The number of hydrogen-bond donors (Lipinski definition) is 2. The lowest BCUT2D eigenvalue weighted by Crippen LogP contribution is -2.43. The Morgan fingerprint density at radius 1 is 1.28 bits per heavy atom. The molecule has 2 aromatic rings. The van der Waals surface area contributed by atoms with E-state index in [-0.39, 0.29) is 17.8 Å². The van der Waals surface area contributed by atoms with Crippen molar-refractivity contribution in [1.29, 1.82) is 0 Å². The van der Waals surface area contributed by atoms with Crippen molar-refractivity contribution < 1.29 is 13.9 Å². The second-order valence-corrected chi connectivity index (χ2v) is 6.25. The zero-order chi connectivity index (χ0) is 17.6. The van der Waals surface area contributed by atoms with Crippen LogP contribution in [-0.2, 0) is 4.74 Å². The van der Waals surface area contributed by atoms with E-state index >= 15 is 0 Å². The average molecular weight is 361 g/mol. The van der Waals surface area contributed by atoms with Crippen molar-refractivity contribution in [3.8, 4) is 0 Å². The number of amides is 1. The minimum atomic E-state index is -0.274. The number of benzene rings is 1. The Labute approximate surface area is 150 Å². The Morgan fingerprint density at radius 2 is 2.00 bits per heavy atom. The number of halogens is 1. The number of H-pyrrole nitrogens is 1. The van der Waals surface area contributed by atoms with Crippen LogP contribution in [-0.4, -0.2) is 48.6 Å². The highest BCUT2D eigenvalue weighted by Crippen LogP contribution is 2.22. The van der Waals surface area contributed by atoms with Crippen LogP contribution in [0.5, 0.6) is 0 Å². The first-order valence-corrected chi connectivity index (χ1v) is 8.59. The van der Waals surface area contributed by atoms with Crippen LogP contribution in [0.2, 0.25) is 0 Å². The van der Waals surface area contributed by atoms with Gasteiger partial charge in [0.25, 0.3) is 5.91 Å². The maximum absolute atomic E-state index is 13.3. The van der Waals surface area contributed by atoms with E-state index in [0.717, 1.165) is 18.7 Å². The summed E-state index contributed by atoms with van der Waals surface area (Å²) in [5.74, 6) is -0.494. The number of morpholine rings is 1. The van der Waals surface area contributed by atoms with Gasteiger partial charge in [0.1, 0.15) is 10.5 Å². The topological polar surface area (TPSA) is 57.4 Å². The Hall–Kier alpha value is -2.09. The van der Waals surface area contributed by atoms with Gasteiger partial charge in [0.05, 0.1) is 24.8 Å². The van der Waals surface area contributed by atoms with Gasteiger partial charge in [-0.05, 0) is 29.8 Å². The van der Waals surface area contributed by atoms with Crippen LogP contribution in [0.15, 0.2) is 42.6 Å². The van der Waals surface area contributed by atoms with Gasteiger partial charge in [-0.2, -0.15) is 0 Å². The smallest absolute Gasteiger partial charge is 0.254 e. The maximum atomic E-state index is 13.3. The molecule has 5 nitrogen and oxygen atoms in total. The van der Waals surface area contributed by atoms with E-state index in [9.17, 15) is 9.18 Å². The van der Waals surface area contributed by atoms with Crippen molar-refractivity contribution in [1.82, 2.24) is 15.2 Å². The molecule has 1 aliphatic rings. The minimum absolute atomic E-state index is 0.0466. The molecule has 0 unspecified atom stereocenters. The van der Waals surface area contributed by atoms with Gasteiger partial charge in [-0.15, -0.1) is 0 Å². The van der Waals surface area contributed by atoms with Crippen molar-refractivity contribution >= 4 is 18.1 Å². The SMILES string of the molecule is O=C(NC[C@H](c1ccc(F)cc1)N1CCOCC1)c1ccc[nH]c1=S. The van der Waals surface area contributed by atoms with Gasteiger partial charge in [0.15, 0.2) is 0 Å². The average Bonchev–Trinajstić information content (AvgIpc) is 2.64. The third-order valence-corrected chi connectivity index (χ3v) is 4.60. The van der Waals surface area contributed by atoms with Crippen molar-refractivity contribution in [3.63, 3.8) is 0 Å². The molecule has 1 saturated heterocycles. The van der Waals surface area contributed by atoms with Crippen LogP contribution in [0.25, 0.3) is 0 Å². The maximum Gasteiger partial charge on any atom is 0.254 e. The molecular weight excluding hydrogens is 341 g/mol. The molecule has 2 heterocycles. The molecule has 0 radical (unpaired) electrons. The van der Waals surface area contributed by atoms with Gasteiger partial charge >= 0.3 is 0 Å². The summed E-state index contributed by atoms with van der Waals surface area (Å²) in [7, 11) is 0. The monoisotopic (exact) mass is 361 g/mol. The number of hydrogen-bond acceptors (Lipinski definition) is 4. The fourth-order valence-electron chi connectivity index (χ4n) is 2.92. The van der Waals surface area contributed by atoms with Crippen LogP contribution in [0.3, 0.4) is 0 Å². The van der Waals surface area contributed by atoms with Crippen molar-refractivity contribution in [2.75, 3.05) is 32.8 Å². The van der Waals surface area contributed by atoms with Crippen LogP contribution in [0.4, 0.5) is 4.39 Å². The zero-order valence-electron chi connectivity index (χ0n) is 13.7. The minimum Gasteiger partial charge on any atom is -0.379 e. The summed E-state index contributed by atoms with van der Waals surface area (Å²) in [6, 6.07) is 9.79. The largest absolute Gasteiger partial charge is 0.379 e. The summed E-state index contributed by atoms with van der Waals surface area (Å²) in [5.41, 5.74) is 1.40. The predicted molar refractivity (Wildman–Crippen MR) is 95.5 cm³/mol. The highest BCUT2D eigenvalue weighted by molar-refractivity contribution is 7.71. The number of aromatic nitrogens is 1. The Balaban J connectivity index is 1.75. The van der Waals surface area contributed by atoms with E-state index in [1.807, 2.05) is 0 Å². The number of carbonyl (C=O) groups is 1. The van der Waals surface area contributed by atoms with E-state index in [1.54, 1.807) is 30.5 Å². The normalized spacial score (nSPS) is 16.4. The highest BCUT2D eigenvalue weighted by Gasteiger charge is 2.23. The van der Waals surface area contributed by atoms with Crippen LogP contribution in [0, 0.1) is 10.5 Å². The lowest BCUT2D eigenvalue weighted by molar-refractivity contribution is 0.0162. The lowest BCUT2D eigenvalue weighted by atomic mass is 10.0. The predicted octanol–water partition coefficient (Wildman–Crippen LogP) is 2.69. The van der Waals surface area contributed by atoms with E-state index in [4.69, 9.17) is 17.0 Å². The molecule has 2 N–H and O–H groups in total. The summed E-state index contributed by atoms with van der Waals surface area (Å²) in [5, 5.41) is 2.95. The molecule has 7 heteroatoms. The molecule has 1 atom stereocenters. The quantitative estimate of drug-likeness (QED) is 0.804. The standard InChI is InChI=1S/C18H20FN3O2S/c19-14-5-3-13(4-6-14)16(22-8-10-24-11-9-22)12-21-17(23)15-2-1-7-20-18(15)25/h1-7,16H,8-12H2,(H,20,25)(H,21,23)/t16-/m1/s1. The number of nitrogens with zero attached hydrogens (tertiary/aromatic N) is 1. The lowest BCUT2D eigenvalue weighted by Gasteiger charge is -2.35. The molecule has 1 aromatic carbocycles. The Morgan fingerprint density at radius 3 is 2.68 bits per heavy atom. The first-order valence-electron chi connectivity index (χ1n) is 8.18. The number of carbonyl (C=O) groups excluding carboxylic acids is 1. The molecule has 0 aliphatic carbocycles. The van der Waals surface area contributed by atoms with E-state index < -0.39 is 0 Å². The number of nitrogens with one attached hydrogen (secondary N) is 2. The third kappa shape index (κ3) is 4.50. The van der Waals surface area contributed by atoms with Crippen molar-refractivity contribution in [2.45, 2.75) is 6.04 Å². The molecule has 3 rings (SSSR count). The summed E-state index contributed by atoms with van der Waals surface area (Å²) < 4.78 is 19.1. The van der Waals surface area contributed by atoms with Crippen LogP contribution in [0.1, 0.15) is 22.0 Å². The number of ether oxygens (including phenoxy) is 1. The molecule has 0 saturated carbocycles. The first-order chi connectivity index (χ1) is 12.1. The van der Waals surface area contributed by atoms with Gasteiger partial charge in [0, 0.05) is 25.8 Å². The van der Waals surface area contributed by atoms with Gasteiger partial charge in [-0.1, -0.05) is 24.4 Å². The molecule has 1 aromatic heterocycles. The number of rotatable bonds is 5. The molecular formula is C18H20FN3O2S. The second-order valence-electron chi connectivity index (χ2n) is 5.84. The van der Waals surface area contributed by atoms with Gasteiger partial charge in [0.2, 0.25) is 0 Å². The summed E-state index contributed by atoms with van der Waals surface area (Å²) >= 11 is 5.16. The van der Waals surface area contributed by atoms with Crippen molar-refractivity contribution in [3.05, 3.63) is 64.2 Å². The Kier molecular flexibility index (Phi) is 5.91. The Bertz CT molecular complexity index is 772. The van der Waals surface area contributed by atoms with E-state index in [0.29, 0.717) is 30.0 Å². The molecule has 0 bridgehead atoms. The molecule has 0 spiro atoms. The number of aromatic amines is 1. The van der Waals surface area contributed by atoms with Crippen LogP contribution >= 0.6 is 12.2 Å². The third-order valence-electron chi connectivity index (χ3n) is 4.26. The molecule has 1 amide bonds. The fourth-order valence-corrected chi connectivity index (χ4v) is 3.15. The van der Waals surface area contributed by atoms with Crippen molar-refractivity contribution in [2.24, 2.45) is 0 Å². The summed E-state index contributed by atoms with van der Waals surface area (Å²) in [4.78, 5) is 17.5. The zero-order valence-corrected chi connectivity index (χ0v) is 14.5. The molecule has 132 valence electrons. The highest BCUT2D eigenvalue weighted by atomic mass is 32.1. The number of pyridine rings is 1. The summed E-state index contributed by atoms with van der Waals surface area (Å²) in [6.45, 7) is 3.24. The molecule has 25 heavy (non-hydrogen) atoms. The fraction of sp³-hybridized carbons (Fsp3) is 0.333. The van der Waals surface area contributed by atoms with Crippen LogP contribution < -0.4 is 5.32 Å². The summed E-state index contributed by atoms with van der Waals surface area (Å²) in [6.07, 6.45) is 1.69. The second kappa shape index (κ2) is 8.33.